The van der Waals surface area contributed by atoms with Crippen LogP contribution < -0.4 is 9.80 Å². The molecule has 2 aliphatic heterocycles. The van der Waals surface area contributed by atoms with E-state index >= 15 is 26.3 Å². The van der Waals surface area contributed by atoms with Crippen LogP contribution in [-0.4, -0.2) is 0 Å². The molecule has 0 bridgehead atoms. The first-order valence-corrected chi connectivity index (χ1v) is 21.6. The predicted octanol–water partition coefficient (Wildman–Crippen LogP) is 17.0. The van der Waals surface area contributed by atoms with Gasteiger partial charge in [-0.05, 0) is 96.6 Å². The van der Waals surface area contributed by atoms with E-state index in [-0.39, 0.29) is 28.2 Å². The summed E-state index contributed by atoms with van der Waals surface area (Å²) in [5.74, 6) is -0.221. The number of para-hydroxylation sites is 4. The predicted molar refractivity (Wildman–Crippen MR) is 231 cm³/mol. The molecule has 0 unspecified atom stereocenters. The Labute approximate surface area is 352 Å². The molecule has 0 amide bonds. The second-order valence-electron chi connectivity index (χ2n) is 15.3. The Morgan fingerprint density at radius 2 is 0.733 bits per heavy atom. The smallest absolute Gasteiger partial charge is 0.307 e. The van der Waals surface area contributed by atoms with E-state index in [1.54, 1.807) is 41.7 Å². The lowest BCUT2D eigenvalue weighted by atomic mass is 9.77. The minimum atomic E-state index is -4.77. The van der Waals surface area contributed by atoms with Crippen molar-refractivity contribution < 1.29 is 26.3 Å². The van der Waals surface area contributed by atoms with Crippen molar-refractivity contribution in [1.29, 1.82) is 0 Å². The number of anilines is 6. The molecule has 7 aromatic rings. The van der Waals surface area contributed by atoms with Crippen molar-refractivity contribution in [2.45, 2.75) is 70.0 Å². The zero-order valence-electron chi connectivity index (χ0n) is 32.0. The maximum Gasteiger partial charge on any atom is 0.417 e. The average Bonchev–Trinajstić information content (AvgIpc) is 3.26. The molecule has 1 fully saturated rings. The van der Waals surface area contributed by atoms with Crippen molar-refractivity contribution in [2.24, 2.45) is 0 Å². The Morgan fingerprint density at radius 1 is 0.400 bits per heavy atom. The third-order valence-electron chi connectivity index (χ3n) is 11.7. The number of fused-ring (bicyclic) bond motifs is 4. The molecule has 60 heavy (non-hydrogen) atoms. The minimum absolute atomic E-state index is 0.0995. The van der Waals surface area contributed by atoms with Crippen LogP contribution in [0.4, 0.5) is 60.5 Å². The van der Waals surface area contributed by atoms with Gasteiger partial charge in [-0.25, -0.2) is 0 Å². The molecule has 0 aromatic heterocycles. The summed E-state index contributed by atoms with van der Waals surface area (Å²) in [6.07, 6.45) is -5.39. The highest BCUT2D eigenvalue weighted by molar-refractivity contribution is 8.00. The number of halogens is 6. The van der Waals surface area contributed by atoms with Gasteiger partial charge in [0.2, 0.25) is 0 Å². The van der Waals surface area contributed by atoms with Gasteiger partial charge in [-0.3, -0.25) is 0 Å². The Kier molecular flexibility index (Phi) is 9.75. The highest BCUT2D eigenvalue weighted by Crippen LogP contribution is 2.63. The number of benzene rings is 7. The SMILES string of the molecule is FC(F)(F)c1ccccc1-c1cc(-c2ccccc2C(F)(F)F)c(N2c3ccccc3Sc3ccccc32)c(C2CCCCC2)c1N1c2ccccc2Sc2ccccc21. The van der Waals surface area contributed by atoms with Crippen molar-refractivity contribution >= 4 is 57.6 Å². The van der Waals surface area contributed by atoms with E-state index in [0.29, 0.717) is 24.2 Å². The van der Waals surface area contributed by atoms with E-state index in [2.05, 4.69) is 9.80 Å². The van der Waals surface area contributed by atoms with Crippen LogP contribution in [0.2, 0.25) is 0 Å². The van der Waals surface area contributed by atoms with E-state index in [1.807, 2.05) is 97.1 Å². The zero-order chi connectivity index (χ0) is 41.2. The molecule has 3 aliphatic rings. The van der Waals surface area contributed by atoms with Gasteiger partial charge < -0.3 is 9.80 Å². The zero-order valence-corrected chi connectivity index (χ0v) is 33.7. The van der Waals surface area contributed by atoms with Gasteiger partial charge in [0.15, 0.2) is 0 Å². The summed E-state index contributed by atoms with van der Waals surface area (Å²) in [4.78, 5) is 7.84. The highest BCUT2D eigenvalue weighted by atomic mass is 32.2. The number of alkyl halides is 6. The lowest BCUT2D eigenvalue weighted by molar-refractivity contribution is -0.137. The van der Waals surface area contributed by atoms with Crippen LogP contribution >= 0.6 is 23.5 Å². The summed E-state index contributed by atoms with van der Waals surface area (Å²) in [7, 11) is 0. The van der Waals surface area contributed by atoms with Gasteiger partial charge in [0.25, 0.3) is 0 Å². The third kappa shape index (κ3) is 6.65. The fourth-order valence-corrected chi connectivity index (χ4v) is 11.3. The molecule has 0 radical (unpaired) electrons. The summed E-state index contributed by atoms with van der Waals surface area (Å²) in [5, 5.41) is 0. The van der Waals surface area contributed by atoms with E-state index in [9.17, 15) is 0 Å². The molecule has 2 heterocycles. The first-order chi connectivity index (χ1) is 29.1. The van der Waals surface area contributed by atoms with Crippen molar-refractivity contribution in [3.8, 4) is 22.3 Å². The Morgan fingerprint density at radius 3 is 1.10 bits per heavy atom. The Hall–Kier alpha value is -5.58. The van der Waals surface area contributed by atoms with Gasteiger partial charge in [0, 0.05) is 36.3 Å². The normalized spacial score (nSPS) is 15.2. The molecule has 1 saturated carbocycles. The largest absolute Gasteiger partial charge is 0.417 e. The molecule has 10 heteroatoms. The number of nitrogens with zero attached hydrogens (tertiary/aromatic N) is 2. The third-order valence-corrected chi connectivity index (χ3v) is 13.9. The van der Waals surface area contributed by atoms with Gasteiger partial charge in [0.05, 0.1) is 45.3 Å². The van der Waals surface area contributed by atoms with Crippen LogP contribution in [0.1, 0.15) is 54.7 Å². The van der Waals surface area contributed by atoms with Gasteiger partial charge in [-0.15, -0.1) is 0 Å². The first-order valence-electron chi connectivity index (χ1n) is 19.9. The van der Waals surface area contributed by atoms with Crippen LogP contribution in [0, 0.1) is 0 Å². The monoisotopic (exact) mass is 842 g/mol. The van der Waals surface area contributed by atoms with Crippen LogP contribution in [0.25, 0.3) is 22.3 Å². The summed E-state index contributed by atoms with van der Waals surface area (Å²) >= 11 is 3.18. The van der Waals surface area contributed by atoms with E-state index in [0.717, 1.165) is 79.3 Å². The lowest BCUT2D eigenvalue weighted by Gasteiger charge is -2.42. The van der Waals surface area contributed by atoms with Crippen LogP contribution in [-0.2, 0) is 12.4 Å². The molecule has 0 atom stereocenters. The van der Waals surface area contributed by atoms with Crippen molar-refractivity contribution in [1.82, 2.24) is 0 Å². The molecule has 7 aromatic carbocycles. The lowest BCUT2D eigenvalue weighted by Crippen LogP contribution is -2.24. The molecule has 0 N–H and O–H groups in total. The average molecular weight is 843 g/mol. The van der Waals surface area contributed by atoms with Gasteiger partial charge >= 0.3 is 12.4 Å². The van der Waals surface area contributed by atoms with Crippen LogP contribution in [0.15, 0.2) is 171 Å². The fraction of sp³-hybridized carbons (Fsp3) is 0.160. The molecular weight excluding hydrogens is 807 g/mol. The molecule has 0 spiro atoms. The summed E-state index contributed by atoms with van der Waals surface area (Å²) in [6, 6.07) is 44.0. The van der Waals surface area contributed by atoms with Gasteiger partial charge in [-0.2, -0.15) is 26.3 Å². The summed E-state index contributed by atoms with van der Waals surface area (Å²) in [5.41, 5.74) is 3.45. The maximum atomic E-state index is 15.4. The number of rotatable bonds is 5. The summed E-state index contributed by atoms with van der Waals surface area (Å²) in [6.45, 7) is 0. The number of hydrogen-bond donors (Lipinski definition) is 0. The first kappa shape index (κ1) is 38.6. The molecular formula is C50H36F6N2S2. The minimum Gasteiger partial charge on any atom is -0.307 e. The van der Waals surface area contributed by atoms with E-state index in [4.69, 9.17) is 0 Å². The fourth-order valence-electron chi connectivity index (χ4n) is 9.18. The van der Waals surface area contributed by atoms with Crippen molar-refractivity contribution in [2.75, 3.05) is 9.80 Å². The van der Waals surface area contributed by atoms with Crippen molar-refractivity contribution in [3.63, 3.8) is 0 Å². The van der Waals surface area contributed by atoms with E-state index < -0.39 is 23.5 Å². The molecule has 1 aliphatic carbocycles. The Bertz CT molecular complexity index is 2500. The molecule has 300 valence electrons. The maximum absolute atomic E-state index is 15.4. The second kappa shape index (κ2) is 15.2. The van der Waals surface area contributed by atoms with Crippen LogP contribution in [0.3, 0.4) is 0 Å². The molecule has 2 nitrogen and oxygen atoms in total. The van der Waals surface area contributed by atoms with Gasteiger partial charge in [-0.1, -0.05) is 128 Å². The summed E-state index contributed by atoms with van der Waals surface area (Å²) < 4.78 is 92.5. The topological polar surface area (TPSA) is 6.48 Å². The van der Waals surface area contributed by atoms with Crippen molar-refractivity contribution in [3.05, 3.63) is 168 Å². The molecule has 0 saturated heterocycles. The standard InChI is InChI=1S/C50H36F6N2S2/c51-49(52,53)36-20-6-4-18-32(36)34-30-35(33-19-5-7-21-37(33)50(54,55)56)48(58-40-24-10-14-28-44(40)60-45-29-15-11-25-41(45)58)46(31-16-2-1-3-17-31)47(34)57-38-22-8-12-26-42(38)59-43-27-13-9-23-39(43)57/h4-15,18-31H,1-3,16-17H2. The quantitative estimate of drug-likeness (QED) is 0.159. The number of hydrogen-bond acceptors (Lipinski definition) is 4. The Balaban J connectivity index is 1.46. The molecule has 10 rings (SSSR count). The highest BCUT2D eigenvalue weighted by Gasteiger charge is 2.42. The van der Waals surface area contributed by atoms with Crippen LogP contribution in [0.5, 0.6) is 0 Å². The second-order valence-corrected chi connectivity index (χ2v) is 17.4. The van der Waals surface area contributed by atoms with E-state index in [1.165, 1.54) is 24.3 Å². The van der Waals surface area contributed by atoms with Gasteiger partial charge in [0.1, 0.15) is 0 Å².